The lowest BCUT2D eigenvalue weighted by atomic mass is 10.0. The van der Waals surface area contributed by atoms with Crippen LogP contribution < -0.4 is 5.32 Å². The van der Waals surface area contributed by atoms with Crippen molar-refractivity contribution in [1.82, 2.24) is 10.2 Å². The smallest absolute Gasteiger partial charge is 0.222 e. The highest BCUT2D eigenvalue weighted by molar-refractivity contribution is 7.19. The summed E-state index contributed by atoms with van der Waals surface area (Å²) < 4.78 is 1.36. The second-order valence-corrected chi connectivity index (χ2v) is 7.07. The average Bonchev–Trinajstić information content (AvgIpc) is 2.81. The molecule has 1 aliphatic rings. The van der Waals surface area contributed by atoms with E-state index < -0.39 is 0 Å². The van der Waals surface area contributed by atoms with E-state index in [1.54, 1.807) is 0 Å². The minimum Gasteiger partial charge on any atom is -0.344 e. The van der Waals surface area contributed by atoms with E-state index >= 15 is 0 Å². The second-order valence-electron chi connectivity index (χ2n) is 5.99. The summed E-state index contributed by atoms with van der Waals surface area (Å²) in [6.45, 7) is 5.25. The largest absolute Gasteiger partial charge is 0.344 e. The number of hydrogen-bond acceptors (Lipinski definition) is 3. The summed E-state index contributed by atoms with van der Waals surface area (Å²) in [6, 6.07) is 9.31. The van der Waals surface area contributed by atoms with Crippen molar-refractivity contribution in [3.63, 3.8) is 0 Å². The fraction of sp³-hybridized carbons (Fsp3) is 0.471. The number of thiophene rings is 1. The number of nitrogens with zero attached hydrogens (tertiary/aromatic N) is 1. The van der Waals surface area contributed by atoms with Gasteiger partial charge >= 0.3 is 0 Å². The van der Waals surface area contributed by atoms with Crippen molar-refractivity contribution in [1.29, 1.82) is 0 Å². The summed E-state index contributed by atoms with van der Waals surface area (Å²) in [6.07, 6.45) is 1.60. The molecule has 0 aliphatic carbocycles. The normalized spacial score (nSPS) is 21.0. The topological polar surface area (TPSA) is 32.3 Å². The van der Waals surface area contributed by atoms with Crippen molar-refractivity contribution in [2.45, 2.75) is 38.8 Å². The first-order valence-electron chi connectivity index (χ1n) is 7.54. The Labute approximate surface area is 130 Å². The van der Waals surface area contributed by atoms with Crippen LogP contribution in [0.3, 0.4) is 0 Å². The third-order valence-electron chi connectivity index (χ3n) is 4.39. The Kier molecular flexibility index (Phi) is 4.00. The maximum atomic E-state index is 11.6. The van der Waals surface area contributed by atoms with Crippen LogP contribution in [-0.2, 0) is 4.79 Å². The first-order valence-corrected chi connectivity index (χ1v) is 8.36. The molecule has 1 amide bonds. The number of carbonyl (C=O) groups excluding carboxylic acids is 1. The van der Waals surface area contributed by atoms with Gasteiger partial charge < -0.3 is 10.2 Å². The quantitative estimate of drug-likeness (QED) is 0.941. The monoisotopic (exact) mass is 302 g/mol. The SMILES string of the molecule is Cc1c(C(C)NC2CCC(=O)N(C)C2)sc2ccccc12. The minimum atomic E-state index is 0.263. The third kappa shape index (κ3) is 2.83. The van der Waals surface area contributed by atoms with Gasteiger partial charge in [-0.2, -0.15) is 0 Å². The highest BCUT2D eigenvalue weighted by atomic mass is 32.1. The van der Waals surface area contributed by atoms with Crippen molar-refractivity contribution in [2.24, 2.45) is 0 Å². The average molecular weight is 302 g/mol. The molecule has 1 aliphatic heterocycles. The van der Waals surface area contributed by atoms with Crippen molar-refractivity contribution < 1.29 is 4.79 Å². The molecule has 2 atom stereocenters. The van der Waals surface area contributed by atoms with Crippen molar-refractivity contribution in [3.05, 3.63) is 34.7 Å². The van der Waals surface area contributed by atoms with E-state index in [1.165, 1.54) is 20.5 Å². The maximum Gasteiger partial charge on any atom is 0.222 e. The highest BCUT2D eigenvalue weighted by Gasteiger charge is 2.25. The van der Waals surface area contributed by atoms with Gasteiger partial charge in [0.05, 0.1) is 0 Å². The van der Waals surface area contributed by atoms with Gasteiger partial charge in [-0.25, -0.2) is 0 Å². The predicted octanol–water partition coefficient (Wildman–Crippen LogP) is 3.48. The number of fused-ring (bicyclic) bond motifs is 1. The molecule has 1 N–H and O–H groups in total. The lowest BCUT2D eigenvalue weighted by Gasteiger charge is -2.32. The van der Waals surface area contributed by atoms with Gasteiger partial charge in [-0.15, -0.1) is 11.3 Å². The zero-order valence-corrected chi connectivity index (χ0v) is 13.7. The van der Waals surface area contributed by atoms with Crippen LogP contribution in [0.25, 0.3) is 10.1 Å². The van der Waals surface area contributed by atoms with Gasteiger partial charge in [-0.3, -0.25) is 4.79 Å². The molecule has 2 aromatic rings. The second kappa shape index (κ2) is 5.78. The summed E-state index contributed by atoms with van der Waals surface area (Å²) in [7, 11) is 1.89. The van der Waals surface area contributed by atoms with Gasteiger partial charge in [0.1, 0.15) is 0 Å². The maximum absolute atomic E-state index is 11.6. The molecular formula is C17H22N2OS. The number of likely N-dealkylation sites (tertiary alicyclic amines) is 1. The van der Waals surface area contributed by atoms with Crippen LogP contribution in [0, 0.1) is 6.92 Å². The highest BCUT2D eigenvalue weighted by Crippen LogP contribution is 2.34. The van der Waals surface area contributed by atoms with E-state index in [0.29, 0.717) is 18.5 Å². The van der Waals surface area contributed by atoms with Crippen molar-refractivity contribution >= 4 is 27.3 Å². The molecule has 0 radical (unpaired) electrons. The molecule has 21 heavy (non-hydrogen) atoms. The number of amides is 1. The van der Waals surface area contributed by atoms with Crippen molar-refractivity contribution in [3.8, 4) is 0 Å². The van der Waals surface area contributed by atoms with E-state index in [2.05, 4.69) is 43.4 Å². The van der Waals surface area contributed by atoms with Gasteiger partial charge in [-0.1, -0.05) is 18.2 Å². The molecule has 112 valence electrons. The molecule has 1 aromatic heterocycles. The molecule has 2 heterocycles. The number of rotatable bonds is 3. The van der Waals surface area contributed by atoms with Crippen LogP contribution in [0.4, 0.5) is 0 Å². The minimum absolute atomic E-state index is 0.263. The van der Waals surface area contributed by atoms with Crippen LogP contribution in [-0.4, -0.2) is 30.4 Å². The Morgan fingerprint density at radius 3 is 2.86 bits per heavy atom. The molecule has 2 unspecified atom stereocenters. The van der Waals surface area contributed by atoms with Gasteiger partial charge in [0.2, 0.25) is 5.91 Å². The summed E-state index contributed by atoms with van der Waals surface area (Å²) in [5.74, 6) is 0.263. The fourth-order valence-electron chi connectivity index (χ4n) is 3.18. The molecule has 1 aromatic carbocycles. The number of carbonyl (C=O) groups is 1. The Balaban J connectivity index is 1.76. The van der Waals surface area contributed by atoms with Gasteiger partial charge in [-0.05, 0) is 37.3 Å². The van der Waals surface area contributed by atoms with E-state index in [4.69, 9.17) is 0 Å². The molecule has 1 saturated heterocycles. The van der Waals surface area contributed by atoms with Crippen LogP contribution in [0.1, 0.15) is 36.2 Å². The Hall–Kier alpha value is -1.39. The summed E-state index contributed by atoms with van der Waals surface area (Å²) in [5, 5.41) is 5.07. The number of benzene rings is 1. The lowest BCUT2D eigenvalue weighted by molar-refractivity contribution is -0.132. The number of aryl methyl sites for hydroxylation is 1. The van der Waals surface area contributed by atoms with Crippen LogP contribution >= 0.6 is 11.3 Å². The molecule has 0 bridgehead atoms. The first kappa shape index (κ1) is 14.5. The molecule has 0 saturated carbocycles. The molecular weight excluding hydrogens is 280 g/mol. The molecule has 0 spiro atoms. The van der Waals surface area contributed by atoms with E-state index in [0.717, 1.165) is 13.0 Å². The lowest BCUT2D eigenvalue weighted by Crippen LogP contribution is -2.47. The molecule has 1 fully saturated rings. The number of nitrogens with one attached hydrogen (secondary N) is 1. The van der Waals surface area contributed by atoms with E-state index in [-0.39, 0.29) is 5.91 Å². The Morgan fingerprint density at radius 1 is 1.38 bits per heavy atom. The van der Waals surface area contributed by atoms with E-state index in [1.807, 2.05) is 23.3 Å². The van der Waals surface area contributed by atoms with Gasteiger partial charge in [0, 0.05) is 41.7 Å². The molecule has 3 nitrogen and oxygen atoms in total. The standard InChI is InChI=1S/C17H22N2OS/c1-11-14-6-4-5-7-15(14)21-17(11)12(2)18-13-8-9-16(20)19(3)10-13/h4-7,12-13,18H,8-10H2,1-3H3. The van der Waals surface area contributed by atoms with Crippen LogP contribution in [0.15, 0.2) is 24.3 Å². The summed E-state index contributed by atoms with van der Waals surface area (Å²) >= 11 is 1.88. The molecule has 4 heteroatoms. The van der Waals surface area contributed by atoms with Crippen LogP contribution in [0.5, 0.6) is 0 Å². The number of likely N-dealkylation sites (N-methyl/N-ethyl adjacent to an activating group) is 1. The summed E-state index contributed by atoms with van der Waals surface area (Å²) in [4.78, 5) is 14.8. The van der Waals surface area contributed by atoms with Gasteiger partial charge in [0.25, 0.3) is 0 Å². The Bertz CT molecular complexity index is 664. The van der Waals surface area contributed by atoms with Crippen molar-refractivity contribution in [2.75, 3.05) is 13.6 Å². The fourth-order valence-corrected chi connectivity index (χ4v) is 4.41. The zero-order chi connectivity index (χ0) is 15.0. The number of piperidine rings is 1. The van der Waals surface area contributed by atoms with E-state index in [9.17, 15) is 4.79 Å². The molecule has 3 rings (SSSR count). The Morgan fingerprint density at radius 2 is 2.14 bits per heavy atom. The van der Waals surface area contributed by atoms with Gasteiger partial charge in [0.15, 0.2) is 0 Å². The first-order chi connectivity index (χ1) is 10.1. The number of hydrogen-bond donors (Lipinski definition) is 1. The van der Waals surface area contributed by atoms with Crippen LogP contribution in [0.2, 0.25) is 0 Å². The third-order valence-corrected chi connectivity index (χ3v) is 5.84. The summed E-state index contributed by atoms with van der Waals surface area (Å²) in [5.41, 5.74) is 1.39. The predicted molar refractivity (Wildman–Crippen MR) is 88.8 cm³/mol. The zero-order valence-electron chi connectivity index (χ0n) is 12.8.